The van der Waals surface area contributed by atoms with Crippen LogP contribution < -0.4 is 4.90 Å². The zero-order valence-electron chi connectivity index (χ0n) is 9.74. The van der Waals surface area contributed by atoms with E-state index >= 15 is 0 Å². The highest BCUT2D eigenvalue weighted by atomic mass is 32.1. The molecule has 0 saturated heterocycles. The van der Waals surface area contributed by atoms with Gasteiger partial charge in [-0.05, 0) is 18.3 Å². The van der Waals surface area contributed by atoms with Gasteiger partial charge in [0.1, 0.15) is 0 Å². The van der Waals surface area contributed by atoms with E-state index in [0.717, 1.165) is 28.5 Å². The van der Waals surface area contributed by atoms with Crippen molar-refractivity contribution in [3.05, 3.63) is 10.6 Å². The summed E-state index contributed by atoms with van der Waals surface area (Å²) in [5.41, 5.74) is 1.26. The normalized spacial score (nSPS) is 23.7. The average Bonchev–Trinajstić information content (AvgIpc) is 2.45. The molecule has 1 aromatic heterocycles. The number of fused-ring (bicyclic) bond motifs is 1. The molecular weight excluding hydrogens is 208 g/mol. The van der Waals surface area contributed by atoms with Gasteiger partial charge in [-0.3, -0.25) is 0 Å². The highest BCUT2D eigenvalue weighted by molar-refractivity contribution is 7.15. The number of hydrogen-bond acceptors (Lipinski definition) is 4. The smallest absolute Gasteiger partial charge is 0.185 e. The molecule has 1 unspecified atom stereocenters. The van der Waals surface area contributed by atoms with Gasteiger partial charge in [0.2, 0.25) is 0 Å². The fourth-order valence-corrected chi connectivity index (χ4v) is 3.06. The van der Waals surface area contributed by atoms with Gasteiger partial charge in [-0.2, -0.15) is 0 Å². The van der Waals surface area contributed by atoms with Gasteiger partial charge in [-0.15, -0.1) is 0 Å². The molecule has 2 rings (SSSR count). The summed E-state index contributed by atoms with van der Waals surface area (Å²) in [6, 6.07) is 0. The van der Waals surface area contributed by atoms with E-state index in [2.05, 4.69) is 18.8 Å². The largest absolute Gasteiger partial charge is 0.387 e. The summed E-state index contributed by atoms with van der Waals surface area (Å²) in [4.78, 5) is 7.65. The molecule has 1 N–H and O–H groups in total. The summed E-state index contributed by atoms with van der Waals surface area (Å²) in [6.07, 6.45) is 1.49. The lowest BCUT2D eigenvalue weighted by Crippen LogP contribution is -2.24. The van der Waals surface area contributed by atoms with E-state index in [0.29, 0.717) is 0 Å². The highest BCUT2D eigenvalue weighted by Crippen LogP contribution is 2.44. The Hall–Kier alpha value is -0.610. The van der Waals surface area contributed by atoms with Crippen LogP contribution in [0.4, 0.5) is 5.13 Å². The molecule has 0 saturated carbocycles. The van der Waals surface area contributed by atoms with Crippen molar-refractivity contribution in [3.8, 4) is 0 Å². The minimum Gasteiger partial charge on any atom is -0.387 e. The summed E-state index contributed by atoms with van der Waals surface area (Å²) in [6.45, 7) is 4.38. The molecule has 84 valence electrons. The van der Waals surface area contributed by atoms with E-state index in [-0.39, 0.29) is 11.5 Å². The van der Waals surface area contributed by atoms with Crippen molar-refractivity contribution in [3.63, 3.8) is 0 Å². The first kappa shape index (κ1) is 10.9. The van der Waals surface area contributed by atoms with Crippen LogP contribution in [0, 0.1) is 5.41 Å². The molecule has 1 atom stereocenters. The Balaban J connectivity index is 2.38. The van der Waals surface area contributed by atoms with Crippen molar-refractivity contribution >= 4 is 16.5 Å². The van der Waals surface area contributed by atoms with Crippen molar-refractivity contribution in [1.29, 1.82) is 0 Å². The maximum Gasteiger partial charge on any atom is 0.185 e. The Labute approximate surface area is 94.8 Å². The fourth-order valence-electron chi connectivity index (χ4n) is 2.07. The van der Waals surface area contributed by atoms with Crippen LogP contribution in [0.25, 0.3) is 0 Å². The Bertz CT molecular complexity index is 371. The van der Waals surface area contributed by atoms with Gasteiger partial charge in [-0.25, -0.2) is 4.98 Å². The second-order valence-corrected chi connectivity index (χ2v) is 6.27. The fraction of sp³-hybridized carbons (Fsp3) is 0.727. The second-order valence-electron chi connectivity index (χ2n) is 5.26. The van der Waals surface area contributed by atoms with Crippen LogP contribution in [0.1, 0.15) is 36.9 Å². The topological polar surface area (TPSA) is 36.4 Å². The first-order chi connectivity index (χ1) is 6.89. The molecule has 1 aliphatic carbocycles. The monoisotopic (exact) mass is 226 g/mol. The molecule has 4 heteroatoms. The van der Waals surface area contributed by atoms with Crippen LogP contribution in [0.15, 0.2) is 0 Å². The Kier molecular flexibility index (Phi) is 2.51. The molecule has 0 amide bonds. The van der Waals surface area contributed by atoms with E-state index < -0.39 is 0 Å². The number of aliphatic hydroxyl groups is 1. The Morgan fingerprint density at radius 3 is 2.73 bits per heavy atom. The van der Waals surface area contributed by atoms with Gasteiger partial charge in [0.05, 0.1) is 16.7 Å². The number of hydrogen-bond donors (Lipinski definition) is 1. The predicted octanol–water partition coefficient (Wildman–Crippen LogP) is 2.21. The zero-order valence-corrected chi connectivity index (χ0v) is 10.6. The molecule has 1 heterocycles. The summed E-state index contributed by atoms with van der Waals surface area (Å²) >= 11 is 1.62. The summed E-state index contributed by atoms with van der Waals surface area (Å²) in [5.74, 6) is 0. The Morgan fingerprint density at radius 2 is 2.13 bits per heavy atom. The third-order valence-corrected chi connectivity index (χ3v) is 4.16. The summed E-state index contributed by atoms with van der Waals surface area (Å²) in [5, 5.41) is 11.0. The highest BCUT2D eigenvalue weighted by Gasteiger charge is 2.34. The molecule has 0 aliphatic heterocycles. The molecule has 0 fully saturated rings. The maximum absolute atomic E-state index is 10.0. The minimum atomic E-state index is -0.324. The van der Waals surface area contributed by atoms with Gasteiger partial charge >= 0.3 is 0 Å². The van der Waals surface area contributed by atoms with Crippen LogP contribution in [0.2, 0.25) is 0 Å². The molecule has 3 nitrogen and oxygen atoms in total. The minimum absolute atomic E-state index is 0.171. The van der Waals surface area contributed by atoms with Crippen molar-refractivity contribution < 1.29 is 5.11 Å². The number of nitrogens with zero attached hydrogens (tertiary/aromatic N) is 2. The molecule has 0 aromatic carbocycles. The number of aromatic nitrogens is 1. The molecule has 15 heavy (non-hydrogen) atoms. The lowest BCUT2D eigenvalue weighted by molar-refractivity contribution is 0.102. The van der Waals surface area contributed by atoms with Crippen LogP contribution in [-0.4, -0.2) is 24.2 Å². The number of rotatable bonds is 1. The Morgan fingerprint density at radius 1 is 1.47 bits per heavy atom. The van der Waals surface area contributed by atoms with Gasteiger partial charge in [0.25, 0.3) is 0 Å². The average molecular weight is 226 g/mol. The maximum atomic E-state index is 10.0. The van der Waals surface area contributed by atoms with E-state index in [1.54, 1.807) is 11.3 Å². The third-order valence-electron chi connectivity index (χ3n) is 2.79. The molecule has 1 aliphatic rings. The van der Waals surface area contributed by atoms with Crippen molar-refractivity contribution in [2.75, 3.05) is 19.0 Å². The van der Waals surface area contributed by atoms with E-state index in [9.17, 15) is 5.11 Å². The number of thiazole rings is 1. The zero-order chi connectivity index (χ0) is 11.2. The van der Waals surface area contributed by atoms with Crippen LogP contribution in [0.3, 0.4) is 0 Å². The van der Waals surface area contributed by atoms with Crippen LogP contribution in [-0.2, 0) is 6.42 Å². The first-order valence-corrected chi connectivity index (χ1v) is 6.06. The predicted molar refractivity (Wildman–Crippen MR) is 63.5 cm³/mol. The van der Waals surface area contributed by atoms with Gasteiger partial charge in [0, 0.05) is 14.1 Å². The summed E-state index contributed by atoms with van der Waals surface area (Å²) < 4.78 is 0. The molecule has 0 radical (unpaired) electrons. The molecule has 0 bridgehead atoms. The summed E-state index contributed by atoms with van der Waals surface area (Å²) in [7, 11) is 3.98. The number of anilines is 1. The van der Waals surface area contributed by atoms with Crippen LogP contribution >= 0.6 is 11.3 Å². The standard InChI is InChI=1S/C11H18N2OS/c1-11(2)5-7-9(8(14)6-11)15-10(12-7)13(3)4/h8,14H,5-6H2,1-4H3. The molecular formula is C11H18N2OS. The molecule has 1 aromatic rings. The van der Waals surface area contributed by atoms with E-state index in [4.69, 9.17) is 0 Å². The van der Waals surface area contributed by atoms with E-state index in [1.807, 2.05) is 19.0 Å². The lowest BCUT2D eigenvalue weighted by Gasteiger charge is -2.31. The second kappa shape index (κ2) is 3.46. The van der Waals surface area contributed by atoms with Crippen molar-refractivity contribution in [2.45, 2.75) is 32.8 Å². The quantitative estimate of drug-likeness (QED) is 0.797. The molecule has 0 spiro atoms. The van der Waals surface area contributed by atoms with Gasteiger partial charge in [-0.1, -0.05) is 25.2 Å². The lowest BCUT2D eigenvalue weighted by atomic mass is 9.77. The van der Waals surface area contributed by atoms with Crippen molar-refractivity contribution in [1.82, 2.24) is 4.98 Å². The van der Waals surface area contributed by atoms with Crippen LogP contribution in [0.5, 0.6) is 0 Å². The third kappa shape index (κ3) is 2.01. The van der Waals surface area contributed by atoms with Gasteiger partial charge in [0.15, 0.2) is 5.13 Å². The van der Waals surface area contributed by atoms with Crippen molar-refractivity contribution in [2.24, 2.45) is 5.41 Å². The van der Waals surface area contributed by atoms with E-state index in [1.165, 1.54) is 0 Å². The first-order valence-electron chi connectivity index (χ1n) is 5.24. The number of aliphatic hydroxyl groups excluding tert-OH is 1. The SMILES string of the molecule is CN(C)c1nc2c(s1)C(O)CC(C)(C)C2. The van der Waals surface area contributed by atoms with Gasteiger partial charge < -0.3 is 10.0 Å².